The number of carbonyl (C=O) groups is 4. The van der Waals surface area contributed by atoms with Crippen molar-refractivity contribution in [3.63, 3.8) is 0 Å². The third-order valence-corrected chi connectivity index (χ3v) is 9.72. The minimum atomic E-state index is -0.861. The van der Waals surface area contributed by atoms with E-state index in [1.807, 2.05) is 35.2 Å². The molecule has 2 atom stereocenters. The highest BCUT2D eigenvalue weighted by Crippen LogP contribution is 2.31. The predicted octanol–water partition coefficient (Wildman–Crippen LogP) is 0.340. The maximum atomic E-state index is 13.9. The molecule has 2 aromatic rings. The Balaban J connectivity index is 1.22. The zero-order chi connectivity index (χ0) is 31.4. The number of benzene rings is 1. The maximum absolute atomic E-state index is 13.9. The molecule has 1 aromatic heterocycles. The van der Waals surface area contributed by atoms with Gasteiger partial charge in [0.25, 0.3) is 0 Å². The number of likely N-dealkylation sites (tertiary alicyclic amines) is 1. The first-order chi connectivity index (χ1) is 21.8. The smallest absolute Gasteiger partial charge is 0.321 e. The average molecular weight is 622 g/mol. The molecule has 2 bridgehead atoms. The Labute approximate surface area is 262 Å². The van der Waals surface area contributed by atoms with Gasteiger partial charge in [-0.25, -0.2) is 9.48 Å². The van der Waals surface area contributed by atoms with Crippen LogP contribution in [0.1, 0.15) is 50.6 Å². The lowest BCUT2D eigenvalue weighted by Crippen LogP contribution is -2.63. The van der Waals surface area contributed by atoms with Crippen molar-refractivity contribution in [2.24, 2.45) is 0 Å². The van der Waals surface area contributed by atoms with Gasteiger partial charge in [0.15, 0.2) is 0 Å². The molecule has 0 unspecified atom stereocenters. The summed E-state index contributed by atoms with van der Waals surface area (Å²) in [4.78, 5) is 60.4. The van der Waals surface area contributed by atoms with E-state index in [4.69, 9.17) is 0 Å². The second-order valence-corrected chi connectivity index (χ2v) is 12.7. The molecule has 14 heteroatoms. The lowest BCUT2D eigenvalue weighted by atomic mass is 9.83. The van der Waals surface area contributed by atoms with Crippen molar-refractivity contribution in [3.05, 3.63) is 42.2 Å². The standard InChI is InChI=1S/C31H43N9O5/c41-18-17-39-21-23(35-36-39)19-25-29(44)37-13-8-24(9-14-37)40-12-4-7-26(40)28(43)34-31(20-27(42)33-25)10-15-38(16-11-31)30(45)32-22-5-2-1-3-6-22/h1-3,5-6,21,24-26,41H,4,7-20H2,(H,32,45)(H,33,42)(H,34,43)/t25-,26+/m1/s1. The van der Waals surface area contributed by atoms with E-state index in [-0.39, 0.29) is 61.8 Å². The summed E-state index contributed by atoms with van der Waals surface area (Å²) in [5, 5.41) is 26.7. The van der Waals surface area contributed by atoms with Crippen molar-refractivity contribution in [2.75, 3.05) is 44.6 Å². The molecule has 1 spiro atoms. The lowest BCUT2D eigenvalue weighted by molar-refractivity contribution is -0.140. The van der Waals surface area contributed by atoms with Crippen LogP contribution in [0, 0.1) is 0 Å². The summed E-state index contributed by atoms with van der Waals surface area (Å²) in [6.45, 7) is 2.88. The number of amides is 5. The lowest BCUT2D eigenvalue weighted by Gasteiger charge is -2.45. The molecule has 5 aliphatic rings. The molecule has 5 fully saturated rings. The van der Waals surface area contributed by atoms with E-state index < -0.39 is 11.6 Å². The summed E-state index contributed by atoms with van der Waals surface area (Å²) in [7, 11) is 0. The normalized spacial score (nSPS) is 24.7. The number of aliphatic hydroxyl groups excluding tert-OH is 1. The Morgan fingerprint density at radius 3 is 2.51 bits per heavy atom. The monoisotopic (exact) mass is 621 g/mol. The Kier molecular flexibility index (Phi) is 9.31. The van der Waals surface area contributed by atoms with Crippen molar-refractivity contribution in [3.8, 4) is 0 Å². The molecule has 4 N–H and O–H groups in total. The van der Waals surface area contributed by atoms with Crippen molar-refractivity contribution in [1.29, 1.82) is 0 Å². The minimum absolute atomic E-state index is 0.00991. The van der Waals surface area contributed by atoms with Crippen molar-refractivity contribution >= 4 is 29.4 Å². The highest BCUT2D eigenvalue weighted by atomic mass is 16.3. The molecule has 45 heavy (non-hydrogen) atoms. The number of urea groups is 1. The van der Waals surface area contributed by atoms with E-state index in [2.05, 4.69) is 31.2 Å². The molecule has 7 rings (SSSR count). The number of hydrogen-bond acceptors (Lipinski definition) is 8. The molecule has 1 aromatic carbocycles. The van der Waals surface area contributed by atoms with E-state index in [0.29, 0.717) is 50.4 Å². The summed E-state index contributed by atoms with van der Waals surface area (Å²) in [5.41, 5.74) is 0.380. The molecule has 5 amide bonds. The SMILES string of the molecule is O=C1CC2(CCN(C(=O)Nc3ccccc3)CC2)NC(=O)[C@@H]2CCCN2C2CCN(CC2)C(=O)[C@@H](Cc2cn(CCO)nn2)N1. The van der Waals surface area contributed by atoms with Crippen LogP contribution in [0.5, 0.6) is 0 Å². The summed E-state index contributed by atoms with van der Waals surface area (Å²) in [6, 6.07) is 8.12. The first-order valence-electron chi connectivity index (χ1n) is 16.1. The number of piperidine rings is 2. The molecular weight excluding hydrogens is 578 g/mol. The van der Waals surface area contributed by atoms with Gasteiger partial charge in [0.1, 0.15) is 6.04 Å². The number of carbonyl (C=O) groups excluding carboxylic acids is 4. The molecule has 14 nitrogen and oxygen atoms in total. The van der Waals surface area contributed by atoms with E-state index in [1.54, 1.807) is 11.1 Å². The Bertz CT molecular complexity index is 1370. The molecule has 5 aliphatic heterocycles. The highest BCUT2D eigenvalue weighted by molar-refractivity contribution is 5.90. The van der Waals surface area contributed by atoms with Crippen LogP contribution in [0.15, 0.2) is 36.5 Å². The van der Waals surface area contributed by atoms with Crippen LogP contribution in [0.2, 0.25) is 0 Å². The van der Waals surface area contributed by atoms with Crippen LogP contribution in [-0.2, 0) is 27.3 Å². The van der Waals surface area contributed by atoms with Crippen molar-refractivity contribution in [1.82, 2.24) is 40.3 Å². The number of rotatable bonds is 5. The van der Waals surface area contributed by atoms with Gasteiger partial charge >= 0.3 is 6.03 Å². The topological polar surface area (TPSA) is 165 Å². The molecule has 0 aliphatic carbocycles. The summed E-state index contributed by atoms with van der Waals surface area (Å²) < 4.78 is 1.51. The number of fused-ring (bicyclic) bond motifs is 7. The fourth-order valence-corrected chi connectivity index (χ4v) is 7.30. The predicted molar refractivity (Wildman–Crippen MR) is 164 cm³/mol. The van der Waals surface area contributed by atoms with E-state index >= 15 is 0 Å². The Morgan fingerprint density at radius 2 is 1.78 bits per heavy atom. The van der Waals surface area contributed by atoms with Gasteiger partial charge in [0.2, 0.25) is 17.7 Å². The van der Waals surface area contributed by atoms with Gasteiger partial charge in [-0.15, -0.1) is 5.10 Å². The number of para-hydroxylation sites is 1. The van der Waals surface area contributed by atoms with E-state index in [0.717, 1.165) is 32.2 Å². The second-order valence-electron chi connectivity index (χ2n) is 12.7. The van der Waals surface area contributed by atoms with Gasteiger partial charge in [-0.05, 0) is 57.2 Å². The Morgan fingerprint density at radius 1 is 1.02 bits per heavy atom. The molecule has 0 radical (unpaired) electrons. The summed E-state index contributed by atoms with van der Waals surface area (Å²) >= 11 is 0. The summed E-state index contributed by atoms with van der Waals surface area (Å²) in [6.07, 6.45) is 5.86. The van der Waals surface area contributed by atoms with E-state index in [1.165, 1.54) is 4.68 Å². The molecule has 242 valence electrons. The fraction of sp³-hybridized carbons (Fsp3) is 0.613. The highest BCUT2D eigenvalue weighted by Gasteiger charge is 2.44. The van der Waals surface area contributed by atoms with Crippen LogP contribution in [0.3, 0.4) is 0 Å². The van der Waals surface area contributed by atoms with Crippen molar-refractivity contribution < 1.29 is 24.3 Å². The number of aromatic nitrogens is 3. The number of anilines is 1. The van der Waals surface area contributed by atoms with Crippen LogP contribution in [0.4, 0.5) is 10.5 Å². The van der Waals surface area contributed by atoms with Gasteiger partial charge in [0.05, 0.1) is 30.4 Å². The van der Waals surface area contributed by atoms with Crippen LogP contribution >= 0.6 is 0 Å². The summed E-state index contributed by atoms with van der Waals surface area (Å²) in [5.74, 6) is -0.553. The average Bonchev–Trinajstić information content (AvgIpc) is 3.71. The third kappa shape index (κ3) is 7.12. The van der Waals surface area contributed by atoms with Gasteiger partial charge < -0.3 is 30.9 Å². The minimum Gasteiger partial charge on any atom is -0.394 e. The van der Waals surface area contributed by atoms with Gasteiger partial charge in [-0.1, -0.05) is 23.4 Å². The quantitative estimate of drug-likeness (QED) is 0.371. The number of nitrogens with one attached hydrogen (secondary N) is 3. The first kappa shape index (κ1) is 31.0. The number of nitrogens with zero attached hydrogens (tertiary/aromatic N) is 6. The zero-order valence-corrected chi connectivity index (χ0v) is 25.6. The third-order valence-electron chi connectivity index (χ3n) is 9.72. The number of hydrogen-bond donors (Lipinski definition) is 4. The van der Waals surface area contributed by atoms with Gasteiger partial charge in [-0.3, -0.25) is 19.3 Å². The number of aliphatic hydroxyl groups is 1. The fourth-order valence-electron chi connectivity index (χ4n) is 7.30. The molecule has 5 saturated heterocycles. The molecule has 0 saturated carbocycles. The van der Waals surface area contributed by atoms with Gasteiger partial charge in [0, 0.05) is 56.9 Å². The largest absolute Gasteiger partial charge is 0.394 e. The van der Waals surface area contributed by atoms with Crippen LogP contribution < -0.4 is 16.0 Å². The van der Waals surface area contributed by atoms with Gasteiger partial charge in [-0.2, -0.15) is 0 Å². The first-order valence-corrected chi connectivity index (χ1v) is 16.1. The van der Waals surface area contributed by atoms with Crippen molar-refractivity contribution in [2.45, 2.75) is 81.6 Å². The molecular formula is C31H43N9O5. The second kappa shape index (κ2) is 13.5. The van der Waals surface area contributed by atoms with E-state index in [9.17, 15) is 24.3 Å². The zero-order valence-electron chi connectivity index (χ0n) is 25.6. The Hall–Kier alpha value is -4.04. The maximum Gasteiger partial charge on any atom is 0.321 e. The van der Waals surface area contributed by atoms with Crippen LogP contribution in [-0.4, -0.2) is 122 Å². The molecule has 6 heterocycles. The van der Waals surface area contributed by atoms with Crippen LogP contribution in [0.25, 0.3) is 0 Å².